The number of rotatable bonds is 5. The number of anilines is 2. The van der Waals surface area contributed by atoms with E-state index >= 15 is 0 Å². The van der Waals surface area contributed by atoms with E-state index in [4.69, 9.17) is 5.73 Å². The molecule has 5 heteroatoms. The van der Waals surface area contributed by atoms with Gasteiger partial charge in [0.2, 0.25) is 5.95 Å². The van der Waals surface area contributed by atoms with Crippen molar-refractivity contribution >= 4 is 11.8 Å². The van der Waals surface area contributed by atoms with Crippen LogP contribution in [-0.4, -0.2) is 15.1 Å². The Morgan fingerprint density at radius 1 is 0.957 bits per heavy atom. The quantitative estimate of drug-likeness (QED) is 0.675. The maximum Gasteiger partial charge on any atom is 0.225 e. The first-order chi connectivity index (χ1) is 11.3. The van der Waals surface area contributed by atoms with Crippen LogP contribution in [0.25, 0.3) is 11.3 Å². The molecular formula is C18H18N4O. The third-order valence-corrected chi connectivity index (χ3v) is 3.50. The minimum Gasteiger partial charge on any atom is -0.392 e. The molecule has 3 aromatic rings. The summed E-state index contributed by atoms with van der Waals surface area (Å²) >= 11 is 0. The van der Waals surface area contributed by atoms with Gasteiger partial charge >= 0.3 is 0 Å². The van der Waals surface area contributed by atoms with Gasteiger partial charge in [0.05, 0.1) is 12.3 Å². The molecule has 0 atom stereocenters. The first-order valence-corrected chi connectivity index (χ1v) is 7.38. The van der Waals surface area contributed by atoms with Gasteiger partial charge in [-0.3, -0.25) is 0 Å². The molecule has 2 aromatic carbocycles. The van der Waals surface area contributed by atoms with Crippen LogP contribution in [0.2, 0.25) is 0 Å². The Balaban J connectivity index is 1.87. The van der Waals surface area contributed by atoms with Crippen molar-refractivity contribution < 1.29 is 5.11 Å². The summed E-state index contributed by atoms with van der Waals surface area (Å²) in [7, 11) is 0. The summed E-state index contributed by atoms with van der Waals surface area (Å²) in [5, 5.41) is 12.7. The van der Waals surface area contributed by atoms with Gasteiger partial charge < -0.3 is 16.2 Å². The van der Waals surface area contributed by atoms with Crippen LogP contribution in [-0.2, 0) is 13.2 Å². The minimum absolute atomic E-state index is 0.0488. The lowest BCUT2D eigenvalue weighted by molar-refractivity contribution is 0.282. The summed E-state index contributed by atoms with van der Waals surface area (Å²) in [4.78, 5) is 8.74. The van der Waals surface area contributed by atoms with E-state index in [2.05, 4.69) is 15.3 Å². The molecule has 0 aliphatic carbocycles. The highest BCUT2D eigenvalue weighted by molar-refractivity contribution is 5.67. The fourth-order valence-electron chi connectivity index (χ4n) is 2.37. The van der Waals surface area contributed by atoms with Crippen LogP contribution < -0.4 is 11.1 Å². The molecule has 0 saturated heterocycles. The summed E-state index contributed by atoms with van der Waals surface area (Å²) in [6, 6.07) is 19.3. The third kappa shape index (κ3) is 3.64. The first-order valence-electron chi connectivity index (χ1n) is 7.38. The summed E-state index contributed by atoms with van der Waals surface area (Å²) in [6.07, 6.45) is 0. The van der Waals surface area contributed by atoms with E-state index in [1.165, 1.54) is 0 Å². The van der Waals surface area contributed by atoms with Crippen molar-refractivity contribution in [2.45, 2.75) is 13.2 Å². The molecule has 0 aliphatic heterocycles. The summed E-state index contributed by atoms with van der Waals surface area (Å²) in [5.41, 5.74) is 9.39. The highest BCUT2D eigenvalue weighted by Gasteiger charge is 2.08. The van der Waals surface area contributed by atoms with Crippen LogP contribution in [0.3, 0.4) is 0 Å². The van der Waals surface area contributed by atoms with Crippen LogP contribution in [0.4, 0.5) is 11.8 Å². The zero-order valence-electron chi connectivity index (χ0n) is 12.6. The lowest BCUT2D eigenvalue weighted by Crippen LogP contribution is -2.06. The fraction of sp³-hybridized carbons (Fsp3) is 0.111. The molecule has 0 radical (unpaired) electrons. The molecule has 0 fully saturated rings. The molecule has 1 heterocycles. The van der Waals surface area contributed by atoms with E-state index in [1.54, 1.807) is 6.07 Å². The molecule has 0 amide bonds. The maximum absolute atomic E-state index is 9.48. The number of nitrogens with two attached hydrogens (primary N) is 1. The van der Waals surface area contributed by atoms with E-state index in [1.807, 2.05) is 54.6 Å². The summed E-state index contributed by atoms with van der Waals surface area (Å²) in [5.74, 6) is 0.856. The summed E-state index contributed by atoms with van der Waals surface area (Å²) < 4.78 is 0. The van der Waals surface area contributed by atoms with Gasteiger partial charge in [-0.25, -0.2) is 4.98 Å². The number of aliphatic hydroxyl groups excluding tert-OH is 1. The lowest BCUT2D eigenvalue weighted by Gasteiger charge is -2.10. The minimum atomic E-state index is -0.0488. The van der Waals surface area contributed by atoms with Gasteiger partial charge in [-0.05, 0) is 11.1 Å². The smallest absolute Gasteiger partial charge is 0.225 e. The number of nitrogens with zero attached hydrogens (tertiary/aromatic N) is 2. The summed E-state index contributed by atoms with van der Waals surface area (Å²) in [6.45, 7) is 0.568. The standard InChI is InChI=1S/C18H18N4O/c19-17-10-16(15-9-5-4-8-14(15)12-23)21-18(22-17)20-11-13-6-2-1-3-7-13/h1-10,23H,11-12H2,(H3,19,20,21,22). The van der Waals surface area contributed by atoms with Crippen molar-refractivity contribution in [2.24, 2.45) is 0 Å². The fourth-order valence-corrected chi connectivity index (χ4v) is 2.37. The van der Waals surface area contributed by atoms with Crippen LogP contribution in [0.1, 0.15) is 11.1 Å². The molecule has 23 heavy (non-hydrogen) atoms. The Bertz CT molecular complexity index is 790. The lowest BCUT2D eigenvalue weighted by atomic mass is 10.0. The van der Waals surface area contributed by atoms with Gasteiger partial charge in [0.15, 0.2) is 0 Å². The molecule has 3 rings (SSSR count). The van der Waals surface area contributed by atoms with Crippen molar-refractivity contribution in [3.05, 3.63) is 71.8 Å². The number of hydrogen-bond acceptors (Lipinski definition) is 5. The molecule has 4 N–H and O–H groups in total. The normalized spacial score (nSPS) is 10.5. The molecule has 0 bridgehead atoms. The average Bonchev–Trinajstić information content (AvgIpc) is 2.60. The SMILES string of the molecule is Nc1cc(-c2ccccc2CO)nc(NCc2ccccc2)n1. The van der Waals surface area contributed by atoms with E-state index in [0.29, 0.717) is 24.0 Å². The van der Waals surface area contributed by atoms with Gasteiger partial charge in [0, 0.05) is 18.2 Å². The maximum atomic E-state index is 9.48. The second-order valence-electron chi connectivity index (χ2n) is 5.16. The Kier molecular flexibility index (Phi) is 4.49. The van der Waals surface area contributed by atoms with E-state index < -0.39 is 0 Å². The predicted octanol–water partition coefficient (Wildman–Crippen LogP) is 2.83. The molecule has 0 saturated carbocycles. The Hall–Kier alpha value is -2.92. The van der Waals surface area contributed by atoms with Crippen molar-refractivity contribution in [3.63, 3.8) is 0 Å². The van der Waals surface area contributed by atoms with E-state index in [0.717, 1.165) is 16.7 Å². The third-order valence-electron chi connectivity index (χ3n) is 3.50. The van der Waals surface area contributed by atoms with Crippen LogP contribution >= 0.6 is 0 Å². The van der Waals surface area contributed by atoms with Gasteiger partial charge in [-0.1, -0.05) is 54.6 Å². The number of aromatic nitrogens is 2. The van der Waals surface area contributed by atoms with Crippen LogP contribution in [0.15, 0.2) is 60.7 Å². The zero-order chi connectivity index (χ0) is 16.1. The molecule has 0 unspecified atom stereocenters. The predicted molar refractivity (Wildman–Crippen MR) is 91.6 cm³/mol. The van der Waals surface area contributed by atoms with Gasteiger partial charge in [-0.15, -0.1) is 0 Å². The van der Waals surface area contributed by atoms with Gasteiger partial charge in [0.1, 0.15) is 5.82 Å². The highest BCUT2D eigenvalue weighted by Crippen LogP contribution is 2.24. The van der Waals surface area contributed by atoms with E-state index in [9.17, 15) is 5.11 Å². The molecule has 5 nitrogen and oxygen atoms in total. The molecule has 0 spiro atoms. The molecule has 116 valence electrons. The zero-order valence-corrected chi connectivity index (χ0v) is 12.6. The Labute approximate surface area is 134 Å². The average molecular weight is 306 g/mol. The van der Waals surface area contributed by atoms with Crippen molar-refractivity contribution in [1.29, 1.82) is 0 Å². The van der Waals surface area contributed by atoms with Crippen molar-refractivity contribution in [1.82, 2.24) is 9.97 Å². The van der Waals surface area contributed by atoms with Crippen molar-refractivity contribution in [2.75, 3.05) is 11.1 Å². The van der Waals surface area contributed by atoms with Crippen LogP contribution in [0.5, 0.6) is 0 Å². The number of nitrogen functional groups attached to an aromatic ring is 1. The monoisotopic (exact) mass is 306 g/mol. The highest BCUT2D eigenvalue weighted by atomic mass is 16.3. The molecule has 1 aromatic heterocycles. The van der Waals surface area contributed by atoms with Crippen molar-refractivity contribution in [3.8, 4) is 11.3 Å². The number of hydrogen-bond donors (Lipinski definition) is 3. The van der Waals surface area contributed by atoms with Crippen LogP contribution in [0, 0.1) is 0 Å². The Morgan fingerprint density at radius 2 is 1.70 bits per heavy atom. The second-order valence-corrected chi connectivity index (χ2v) is 5.16. The molecule has 0 aliphatic rings. The largest absolute Gasteiger partial charge is 0.392 e. The second kappa shape index (κ2) is 6.89. The molecular weight excluding hydrogens is 288 g/mol. The Morgan fingerprint density at radius 3 is 2.48 bits per heavy atom. The van der Waals surface area contributed by atoms with Gasteiger partial charge in [-0.2, -0.15) is 4.98 Å². The topological polar surface area (TPSA) is 84.1 Å². The number of aliphatic hydroxyl groups is 1. The van der Waals surface area contributed by atoms with E-state index in [-0.39, 0.29) is 6.61 Å². The van der Waals surface area contributed by atoms with Gasteiger partial charge in [0.25, 0.3) is 0 Å². The number of nitrogens with one attached hydrogen (secondary N) is 1. The number of benzene rings is 2. The first kappa shape index (κ1) is 15.0.